The summed E-state index contributed by atoms with van der Waals surface area (Å²) in [7, 11) is 0. The standard InChI is InChI=1S/C8H17N5O5/c9-5-7(11(1-3-14)2-4-15)13(18)8(16)6(10)12(5)17/h14-18H,1-4,9-10H2. The highest BCUT2D eigenvalue weighted by Gasteiger charge is 2.32. The lowest BCUT2D eigenvalue weighted by Gasteiger charge is -2.36. The first kappa shape index (κ1) is 14.2. The van der Waals surface area contributed by atoms with Crippen LogP contribution < -0.4 is 11.5 Å². The van der Waals surface area contributed by atoms with E-state index < -0.39 is 11.7 Å². The van der Waals surface area contributed by atoms with Gasteiger partial charge in [0.25, 0.3) is 5.88 Å². The van der Waals surface area contributed by atoms with Gasteiger partial charge in [0.1, 0.15) is 0 Å². The molecule has 0 radical (unpaired) electrons. The molecule has 1 rings (SSSR count). The van der Waals surface area contributed by atoms with Crippen molar-refractivity contribution in [1.82, 2.24) is 15.0 Å². The topological polar surface area (TPSA) is 163 Å². The van der Waals surface area contributed by atoms with E-state index >= 15 is 0 Å². The lowest BCUT2D eigenvalue weighted by atomic mass is 10.4. The zero-order chi connectivity index (χ0) is 13.9. The summed E-state index contributed by atoms with van der Waals surface area (Å²) in [5.74, 6) is -1.92. The van der Waals surface area contributed by atoms with Crippen molar-refractivity contribution in [3.63, 3.8) is 0 Å². The molecule has 10 heteroatoms. The van der Waals surface area contributed by atoms with Gasteiger partial charge in [0, 0.05) is 13.1 Å². The van der Waals surface area contributed by atoms with E-state index in [0.717, 1.165) is 0 Å². The Balaban J connectivity index is 3.11. The van der Waals surface area contributed by atoms with Gasteiger partial charge in [-0.3, -0.25) is 10.4 Å². The third kappa shape index (κ3) is 2.36. The summed E-state index contributed by atoms with van der Waals surface area (Å²) in [5.41, 5.74) is 10.8. The van der Waals surface area contributed by atoms with Gasteiger partial charge < -0.3 is 31.7 Å². The Morgan fingerprint density at radius 2 is 1.44 bits per heavy atom. The molecule has 0 saturated carbocycles. The predicted molar refractivity (Wildman–Crippen MR) is 58.1 cm³/mol. The van der Waals surface area contributed by atoms with Gasteiger partial charge in [0.2, 0.25) is 0 Å². The van der Waals surface area contributed by atoms with E-state index in [9.17, 15) is 15.5 Å². The van der Waals surface area contributed by atoms with E-state index in [4.69, 9.17) is 21.7 Å². The maximum Gasteiger partial charge on any atom is 0.261 e. The summed E-state index contributed by atoms with van der Waals surface area (Å²) in [4.78, 5) is 1.27. The summed E-state index contributed by atoms with van der Waals surface area (Å²) in [6.45, 7) is -0.518. The first-order valence-corrected chi connectivity index (χ1v) is 5.08. The summed E-state index contributed by atoms with van der Waals surface area (Å²) in [6.07, 6.45) is 0. The molecule has 18 heavy (non-hydrogen) atoms. The molecule has 0 atom stereocenters. The Hall–Kier alpha value is -1.88. The van der Waals surface area contributed by atoms with Crippen LogP contribution in [-0.4, -0.2) is 67.1 Å². The maximum atomic E-state index is 9.68. The minimum Gasteiger partial charge on any atom is -0.490 e. The maximum absolute atomic E-state index is 9.68. The fourth-order valence-corrected chi connectivity index (χ4v) is 1.50. The van der Waals surface area contributed by atoms with Crippen molar-refractivity contribution in [3.05, 3.63) is 23.3 Å². The number of aliphatic hydroxyl groups is 3. The molecule has 0 fully saturated rings. The summed E-state index contributed by atoms with van der Waals surface area (Å²) in [5, 5.41) is 47.0. The molecule has 104 valence electrons. The zero-order valence-electron chi connectivity index (χ0n) is 9.56. The van der Waals surface area contributed by atoms with Gasteiger partial charge in [-0.05, 0) is 0 Å². The average molecular weight is 263 g/mol. The molecule has 0 bridgehead atoms. The van der Waals surface area contributed by atoms with Crippen molar-refractivity contribution in [2.45, 2.75) is 0 Å². The van der Waals surface area contributed by atoms with Crippen LogP contribution in [0.2, 0.25) is 0 Å². The number of aliphatic hydroxyl groups excluding tert-OH is 3. The monoisotopic (exact) mass is 263 g/mol. The average Bonchev–Trinajstić information content (AvgIpc) is 2.35. The van der Waals surface area contributed by atoms with E-state index in [2.05, 4.69) is 0 Å². The van der Waals surface area contributed by atoms with E-state index in [0.29, 0.717) is 5.06 Å². The Morgan fingerprint density at radius 1 is 0.944 bits per heavy atom. The van der Waals surface area contributed by atoms with E-state index in [1.54, 1.807) is 0 Å². The molecule has 0 aromatic heterocycles. The summed E-state index contributed by atoms with van der Waals surface area (Å²) < 4.78 is 0. The highest BCUT2D eigenvalue weighted by atomic mass is 16.5. The van der Waals surface area contributed by atoms with Gasteiger partial charge >= 0.3 is 0 Å². The SMILES string of the molecule is NC1=C(O)N(O)C(N(CCO)CCO)=C(N)N1O. The number of rotatable bonds is 5. The lowest BCUT2D eigenvalue weighted by Crippen LogP contribution is -2.47. The molecule has 0 unspecified atom stereocenters. The zero-order valence-corrected chi connectivity index (χ0v) is 9.56. The Labute approximate surface area is 103 Å². The van der Waals surface area contributed by atoms with Crippen LogP contribution in [0.25, 0.3) is 0 Å². The van der Waals surface area contributed by atoms with Crippen LogP contribution in [0.15, 0.2) is 23.3 Å². The molecule has 0 aromatic rings. The number of nitrogens with two attached hydrogens (primary N) is 2. The first-order chi connectivity index (χ1) is 8.45. The normalized spacial score (nSPS) is 16.7. The van der Waals surface area contributed by atoms with Crippen LogP contribution in [0.3, 0.4) is 0 Å². The molecule has 10 nitrogen and oxygen atoms in total. The molecule has 1 aliphatic heterocycles. The van der Waals surface area contributed by atoms with Crippen LogP contribution >= 0.6 is 0 Å². The fourth-order valence-electron chi connectivity index (χ4n) is 1.50. The van der Waals surface area contributed by atoms with E-state index in [1.807, 2.05) is 0 Å². The molecule has 0 aliphatic carbocycles. The number of hydroxylamine groups is 4. The molecule has 1 aliphatic rings. The Morgan fingerprint density at radius 3 is 1.89 bits per heavy atom. The molecule has 0 saturated heterocycles. The van der Waals surface area contributed by atoms with E-state index in [1.165, 1.54) is 4.90 Å². The molecule has 0 aromatic carbocycles. The van der Waals surface area contributed by atoms with Crippen molar-refractivity contribution >= 4 is 0 Å². The highest BCUT2D eigenvalue weighted by Crippen LogP contribution is 2.24. The van der Waals surface area contributed by atoms with E-state index in [-0.39, 0.29) is 43.0 Å². The van der Waals surface area contributed by atoms with Gasteiger partial charge in [0.05, 0.1) is 13.2 Å². The molecule has 1 heterocycles. The van der Waals surface area contributed by atoms with Gasteiger partial charge in [-0.15, -0.1) is 0 Å². The molecule has 0 spiro atoms. The van der Waals surface area contributed by atoms with Crippen LogP contribution in [0, 0.1) is 0 Å². The van der Waals surface area contributed by atoms with Crippen molar-refractivity contribution in [3.8, 4) is 0 Å². The van der Waals surface area contributed by atoms with Gasteiger partial charge in [-0.25, -0.2) is 0 Å². The quantitative estimate of drug-likeness (QED) is 0.280. The third-order valence-corrected chi connectivity index (χ3v) is 2.36. The lowest BCUT2D eigenvalue weighted by molar-refractivity contribution is -0.127. The summed E-state index contributed by atoms with van der Waals surface area (Å²) in [6, 6.07) is 0. The number of hydrogen-bond donors (Lipinski definition) is 7. The van der Waals surface area contributed by atoms with Gasteiger partial charge in [-0.2, -0.15) is 10.1 Å². The first-order valence-electron chi connectivity index (χ1n) is 5.08. The van der Waals surface area contributed by atoms with Crippen molar-refractivity contribution in [1.29, 1.82) is 0 Å². The van der Waals surface area contributed by atoms with Crippen LogP contribution in [0.1, 0.15) is 0 Å². The highest BCUT2D eigenvalue weighted by molar-refractivity contribution is 5.20. The van der Waals surface area contributed by atoms with Crippen LogP contribution in [0.5, 0.6) is 0 Å². The van der Waals surface area contributed by atoms with Crippen molar-refractivity contribution in [2.24, 2.45) is 11.5 Å². The minimum atomic E-state index is -0.817. The van der Waals surface area contributed by atoms with Gasteiger partial charge in [-0.1, -0.05) is 0 Å². The van der Waals surface area contributed by atoms with Gasteiger partial charge in [0.15, 0.2) is 17.5 Å². The second-order valence-corrected chi connectivity index (χ2v) is 3.48. The van der Waals surface area contributed by atoms with Crippen molar-refractivity contribution in [2.75, 3.05) is 26.3 Å². The Bertz CT molecular complexity index is 365. The molecular formula is C8H17N5O5. The minimum absolute atomic E-state index is 0.0225. The predicted octanol–water partition coefficient (Wildman–Crippen LogP) is -2.60. The fraction of sp³-hybridized carbons (Fsp3) is 0.500. The third-order valence-electron chi connectivity index (χ3n) is 2.36. The number of hydrogen-bond acceptors (Lipinski definition) is 10. The smallest absolute Gasteiger partial charge is 0.261 e. The molecule has 0 amide bonds. The second kappa shape index (κ2) is 5.64. The second-order valence-electron chi connectivity index (χ2n) is 3.48. The largest absolute Gasteiger partial charge is 0.490 e. The number of nitrogens with zero attached hydrogens (tertiary/aromatic N) is 3. The summed E-state index contributed by atoms with van der Waals surface area (Å²) >= 11 is 0. The van der Waals surface area contributed by atoms with Crippen LogP contribution in [0.4, 0.5) is 0 Å². The van der Waals surface area contributed by atoms with Crippen LogP contribution in [-0.2, 0) is 0 Å². The molecule has 9 N–H and O–H groups in total. The van der Waals surface area contributed by atoms with Crippen molar-refractivity contribution < 1.29 is 25.7 Å². The Kier molecular flexibility index (Phi) is 4.44. The molecular weight excluding hydrogens is 246 g/mol.